The molecule has 166 valence electrons. The molecule has 33 heavy (non-hydrogen) atoms. The molecule has 7 heteroatoms. The van der Waals surface area contributed by atoms with Gasteiger partial charge in [-0.05, 0) is 79.9 Å². The van der Waals surface area contributed by atoms with Crippen LogP contribution in [0.3, 0.4) is 0 Å². The molecular weight excluding hydrogens is 432 g/mol. The van der Waals surface area contributed by atoms with Crippen molar-refractivity contribution in [2.24, 2.45) is 0 Å². The van der Waals surface area contributed by atoms with Crippen LogP contribution in [0.5, 0.6) is 0 Å². The molecule has 1 unspecified atom stereocenters. The summed E-state index contributed by atoms with van der Waals surface area (Å²) >= 11 is 0. The summed E-state index contributed by atoms with van der Waals surface area (Å²) in [5.74, 6) is 0.509. The maximum Gasteiger partial charge on any atom is 0.255 e. The minimum absolute atomic E-state index is 0.186. The molecule has 6 nitrogen and oxygen atoms in total. The van der Waals surface area contributed by atoms with Crippen molar-refractivity contribution in [1.82, 2.24) is 9.97 Å². The summed E-state index contributed by atoms with van der Waals surface area (Å²) in [6, 6.07) is 19.0. The molecule has 1 fully saturated rings. The number of amides is 1. The van der Waals surface area contributed by atoms with Gasteiger partial charge in [0, 0.05) is 52.6 Å². The highest BCUT2D eigenvalue weighted by Gasteiger charge is 2.18. The van der Waals surface area contributed by atoms with Crippen LogP contribution in [0.4, 0.5) is 11.4 Å². The van der Waals surface area contributed by atoms with Gasteiger partial charge in [0.05, 0.1) is 11.2 Å². The van der Waals surface area contributed by atoms with E-state index < -0.39 is 11.0 Å². The number of aromatic nitrogens is 2. The summed E-state index contributed by atoms with van der Waals surface area (Å²) in [5.41, 5.74) is 5.92. The molecule has 0 saturated carbocycles. The number of carbonyl (C=O) groups is 1. The Morgan fingerprint density at radius 3 is 2.70 bits per heavy atom. The van der Waals surface area contributed by atoms with Gasteiger partial charge in [0.2, 0.25) is 0 Å². The molecule has 1 aliphatic rings. The van der Waals surface area contributed by atoms with E-state index in [2.05, 4.69) is 10.3 Å². The summed E-state index contributed by atoms with van der Waals surface area (Å²) < 4.78 is 14.2. The van der Waals surface area contributed by atoms with Gasteiger partial charge >= 0.3 is 0 Å². The van der Waals surface area contributed by atoms with Crippen LogP contribution in [0, 0.1) is 6.92 Å². The van der Waals surface area contributed by atoms with Gasteiger partial charge in [-0.2, -0.15) is 0 Å². The summed E-state index contributed by atoms with van der Waals surface area (Å²) in [6.07, 6.45) is 5.56. The van der Waals surface area contributed by atoms with Gasteiger partial charge in [0.15, 0.2) is 0 Å². The van der Waals surface area contributed by atoms with Crippen LogP contribution in [-0.4, -0.2) is 32.4 Å². The van der Waals surface area contributed by atoms with Gasteiger partial charge in [-0.3, -0.25) is 14.1 Å². The molecule has 1 saturated heterocycles. The molecule has 0 aliphatic carbocycles. The lowest BCUT2D eigenvalue weighted by Crippen LogP contribution is -2.32. The molecule has 0 spiro atoms. The molecule has 2 aromatic heterocycles. The number of anilines is 2. The second-order valence-corrected chi connectivity index (χ2v) is 9.62. The van der Waals surface area contributed by atoms with Gasteiger partial charge < -0.3 is 5.32 Å². The Hall–Kier alpha value is -3.58. The smallest absolute Gasteiger partial charge is 0.255 e. The van der Waals surface area contributed by atoms with E-state index in [1.54, 1.807) is 24.5 Å². The number of benzene rings is 2. The number of hydrogen-bond donors (Lipinski definition) is 1. The van der Waals surface area contributed by atoms with Crippen LogP contribution in [0.15, 0.2) is 73.1 Å². The highest BCUT2D eigenvalue weighted by molar-refractivity contribution is 7.86. The molecule has 0 radical (unpaired) electrons. The first-order valence-electron chi connectivity index (χ1n) is 11.0. The zero-order valence-electron chi connectivity index (χ0n) is 18.3. The van der Waals surface area contributed by atoms with Crippen molar-refractivity contribution >= 4 is 39.2 Å². The Balaban J connectivity index is 1.36. The highest BCUT2D eigenvalue weighted by Crippen LogP contribution is 2.27. The molecule has 1 aliphatic heterocycles. The number of carbonyl (C=O) groups excluding carboxylic acids is 1. The third-order valence-electron chi connectivity index (χ3n) is 5.85. The number of nitrogens with one attached hydrogen (secondary N) is 1. The van der Waals surface area contributed by atoms with Gasteiger partial charge in [-0.15, -0.1) is 0 Å². The van der Waals surface area contributed by atoms with E-state index in [0.29, 0.717) is 17.0 Å². The van der Waals surface area contributed by atoms with E-state index >= 15 is 0 Å². The highest BCUT2D eigenvalue weighted by atomic mass is 32.2. The Morgan fingerprint density at radius 1 is 1.03 bits per heavy atom. The van der Waals surface area contributed by atoms with E-state index in [1.165, 1.54) is 0 Å². The zero-order valence-corrected chi connectivity index (χ0v) is 19.1. The largest absolute Gasteiger partial charge is 0.322 e. The molecule has 1 atom stereocenters. The number of pyridine rings is 2. The fraction of sp³-hybridized carbons (Fsp3) is 0.192. The topological polar surface area (TPSA) is 75.2 Å². The maximum absolute atomic E-state index is 12.9. The van der Waals surface area contributed by atoms with Crippen LogP contribution in [0.25, 0.3) is 22.2 Å². The van der Waals surface area contributed by atoms with E-state index in [1.807, 2.05) is 59.8 Å². The Kier molecular flexibility index (Phi) is 5.88. The number of aryl methyl sites for hydroxylation is 1. The Labute approximate surface area is 195 Å². The Bertz CT molecular complexity index is 1350. The van der Waals surface area contributed by atoms with E-state index in [0.717, 1.165) is 52.8 Å². The normalized spacial score (nSPS) is 16.0. The zero-order chi connectivity index (χ0) is 22.8. The fourth-order valence-corrected chi connectivity index (χ4v) is 5.37. The lowest BCUT2D eigenvalue weighted by molar-refractivity contribution is 0.102. The van der Waals surface area contributed by atoms with Crippen molar-refractivity contribution in [3.63, 3.8) is 0 Å². The van der Waals surface area contributed by atoms with Crippen LogP contribution in [0.1, 0.15) is 28.8 Å². The molecular formula is C26H24N4O2S. The summed E-state index contributed by atoms with van der Waals surface area (Å²) in [4.78, 5) is 21.8. The quantitative estimate of drug-likeness (QED) is 0.462. The van der Waals surface area contributed by atoms with E-state index in [-0.39, 0.29) is 5.91 Å². The molecule has 2 aromatic carbocycles. The molecule has 5 rings (SSSR count). The molecule has 3 heterocycles. The SMILES string of the molecule is Cc1ccc(NC(=O)c2ccc(N3CCCCS3=O)cc2)cc1-c1ccc2cnccc2n1. The third-order valence-corrected chi connectivity index (χ3v) is 7.38. The fourth-order valence-electron chi connectivity index (χ4n) is 4.01. The first kappa shape index (κ1) is 21.3. The number of rotatable bonds is 4. The molecule has 1 N–H and O–H groups in total. The van der Waals surface area contributed by atoms with Gasteiger partial charge in [-0.25, -0.2) is 9.19 Å². The monoisotopic (exact) mass is 456 g/mol. The number of fused-ring (bicyclic) bond motifs is 1. The number of nitrogens with zero attached hydrogens (tertiary/aromatic N) is 3. The Morgan fingerprint density at radius 2 is 1.88 bits per heavy atom. The lowest BCUT2D eigenvalue weighted by Gasteiger charge is -2.27. The molecule has 0 bridgehead atoms. The van der Waals surface area contributed by atoms with Crippen molar-refractivity contribution in [2.75, 3.05) is 21.9 Å². The van der Waals surface area contributed by atoms with Gasteiger partial charge in [0.1, 0.15) is 11.0 Å². The summed E-state index contributed by atoms with van der Waals surface area (Å²) in [6.45, 7) is 2.81. The van der Waals surface area contributed by atoms with Gasteiger partial charge in [-0.1, -0.05) is 6.07 Å². The van der Waals surface area contributed by atoms with E-state index in [9.17, 15) is 9.00 Å². The first-order valence-corrected chi connectivity index (χ1v) is 12.3. The first-order chi connectivity index (χ1) is 16.1. The third kappa shape index (κ3) is 4.50. The standard InChI is InChI=1S/C26H24N4O2S/c1-18-4-8-21(16-23(18)25-11-7-20-17-27-13-12-24(20)29-25)28-26(31)19-5-9-22(10-6-19)30-14-2-3-15-33(30)32/h4-13,16-17H,2-3,14-15H2,1H3,(H,28,31). The van der Waals surface area contributed by atoms with Crippen LogP contribution in [0.2, 0.25) is 0 Å². The van der Waals surface area contributed by atoms with Crippen molar-refractivity contribution < 1.29 is 9.00 Å². The average molecular weight is 457 g/mol. The van der Waals surface area contributed by atoms with Crippen LogP contribution >= 0.6 is 0 Å². The minimum Gasteiger partial charge on any atom is -0.322 e. The maximum atomic E-state index is 12.9. The van der Waals surface area contributed by atoms with Crippen molar-refractivity contribution in [2.45, 2.75) is 19.8 Å². The predicted molar refractivity (Wildman–Crippen MR) is 134 cm³/mol. The second-order valence-electron chi connectivity index (χ2n) is 8.13. The number of hydrogen-bond acceptors (Lipinski definition) is 4. The summed E-state index contributed by atoms with van der Waals surface area (Å²) in [5, 5.41) is 3.98. The average Bonchev–Trinajstić information content (AvgIpc) is 2.85. The minimum atomic E-state index is -0.987. The van der Waals surface area contributed by atoms with Crippen LogP contribution in [-0.2, 0) is 11.0 Å². The molecule has 1 amide bonds. The second kappa shape index (κ2) is 9.11. The van der Waals surface area contributed by atoms with E-state index in [4.69, 9.17) is 4.98 Å². The van der Waals surface area contributed by atoms with Crippen molar-refractivity contribution in [3.05, 3.63) is 84.2 Å². The molecule has 4 aromatic rings. The predicted octanol–water partition coefficient (Wildman–Crippen LogP) is 5.12. The van der Waals surface area contributed by atoms with Gasteiger partial charge in [0.25, 0.3) is 5.91 Å². The van der Waals surface area contributed by atoms with Crippen LogP contribution < -0.4 is 9.62 Å². The van der Waals surface area contributed by atoms with Crippen molar-refractivity contribution in [1.29, 1.82) is 0 Å². The summed E-state index contributed by atoms with van der Waals surface area (Å²) in [7, 11) is -0.987. The lowest BCUT2D eigenvalue weighted by atomic mass is 10.0. The van der Waals surface area contributed by atoms with Crippen molar-refractivity contribution in [3.8, 4) is 11.3 Å².